The van der Waals surface area contributed by atoms with Crippen LogP contribution in [0.15, 0.2) is 24.3 Å². The highest BCUT2D eigenvalue weighted by Crippen LogP contribution is 2.16. The summed E-state index contributed by atoms with van der Waals surface area (Å²) in [7, 11) is 0. The van der Waals surface area contributed by atoms with E-state index in [4.69, 9.17) is 10.00 Å². The van der Waals surface area contributed by atoms with Crippen molar-refractivity contribution in [3.63, 3.8) is 0 Å². The van der Waals surface area contributed by atoms with Crippen LogP contribution in [0.25, 0.3) is 0 Å². The van der Waals surface area contributed by atoms with Crippen molar-refractivity contribution >= 4 is 17.7 Å². The van der Waals surface area contributed by atoms with E-state index in [1.54, 1.807) is 52.0 Å². The molecule has 7 nitrogen and oxygen atoms in total. The molecule has 1 N–H and O–H groups in total. The second kappa shape index (κ2) is 5.85. The maximum absolute atomic E-state index is 12.0. The number of anilines is 2. The molecule has 0 unspecified atom stereocenters. The van der Waals surface area contributed by atoms with Gasteiger partial charge in [0, 0.05) is 11.8 Å². The average Bonchev–Trinajstić information content (AvgIpc) is 2.78. The van der Waals surface area contributed by atoms with Crippen LogP contribution in [-0.4, -0.2) is 26.5 Å². The molecule has 0 saturated heterocycles. The van der Waals surface area contributed by atoms with E-state index in [-0.39, 0.29) is 0 Å². The largest absolute Gasteiger partial charge is 0.442 e. The summed E-state index contributed by atoms with van der Waals surface area (Å²) in [5.41, 5.74) is 0.340. The summed E-state index contributed by atoms with van der Waals surface area (Å²) in [6.45, 7) is 7.13. The second-order valence-corrected chi connectivity index (χ2v) is 5.71. The summed E-state index contributed by atoms with van der Waals surface area (Å²) < 4.78 is 6.46. The van der Waals surface area contributed by atoms with Gasteiger partial charge < -0.3 is 10.1 Å². The third-order valence-electron chi connectivity index (χ3n) is 2.57. The van der Waals surface area contributed by atoms with Crippen molar-refractivity contribution < 1.29 is 9.53 Å². The monoisotopic (exact) mass is 299 g/mol. The van der Waals surface area contributed by atoms with Crippen LogP contribution >= 0.6 is 0 Å². The molecule has 114 valence electrons. The van der Waals surface area contributed by atoms with E-state index in [0.717, 1.165) is 0 Å². The van der Waals surface area contributed by atoms with Crippen LogP contribution < -0.4 is 5.32 Å². The predicted octanol–water partition coefficient (Wildman–Crippen LogP) is 2.99. The number of nitrogens with one attached hydrogen (secondary N) is 1. The maximum atomic E-state index is 12.0. The zero-order valence-electron chi connectivity index (χ0n) is 12.9. The molecule has 2 aromatic rings. The zero-order chi connectivity index (χ0) is 16.3. The first-order valence-electron chi connectivity index (χ1n) is 6.73. The van der Waals surface area contributed by atoms with Crippen LogP contribution in [0.5, 0.6) is 0 Å². The van der Waals surface area contributed by atoms with Crippen LogP contribution in [0.3, 0.4) is 0 Å². The van der Waals surface area contributed by atoms with Gasteiger partial charge in [0.05, 0.1) is 0 Å². The average molecular weight is 299 g/mol. The molecule has 22 heavy (non-hydrogen) atoms. The third kappa shape index (κ3) is 3.82. The second-order valence-electron chi connectivity index (χ2n) is 5.71. The lowest BCUT2D eigenvalue weighted by atomic mass is 10.2. The molecule has 0 aliphatic heterocycles. The van der Waals surface area contributed by atoms with Crippen molar-refractivity contribution in [1.29, 1.82) is 5.26 Å². The quantitative estimate of drug-likeness (QED) is 0.916. The number of aryl methyl sites for hydroxylation is 1. The van der Waals surface area contributed by atoms with Crippen molar-refractivity contribution in [2.45, 2.75) is 33.3 Å². The Kier molecular flexibility index (Phi) is 4.13. The Balaban J connectivity index is 2.19. The maximum Gasteiger partial charge on any atom is 0.435 e. The van der Waals surface area contributed by atoms with Gasteiger partial charge in [0.2, 0.25) is 0 Å². The zero-order valence-corrected chi connectivity index (χ0v) is 12.9. The highest BCUT2D eigenvalue weighted by atomic mass is 16.6. The van der Waals surface area contributed by atoms with Gasteiger partial charge in [-0.1, -0.05) is 6.07 Å². The summed E-state index contributed by atoms with van der Waals surface area (Å²) in [5.74, 6) is 0.929. The number of nitriles is 1. The van der Waals surface area contributed by atoms with Crippen molar-refractivity contribution in [3.8, 4) is 6.07 Å². The van der Waals surface area contributed by atoms with Gasteiger partial charge in [-0.3, -0.25) is 0 Å². The van der Waals surface area contributed by atoms with E-state index in [1.165, 1.54) is 4.68 Å². The van der Waals surface area contributed by atoms with E-state index in [2.05, 4.69) is 15.4 Å². The van der Waals surface area contributed by atoms with Crippen LogP contribution in [0.1, 0.15) is 32.2 Å². The van der Waals surface area contributed by atoms with Gasteiger partial charge in [-0.25, -0.2) is 9.78 Å². The fraction of sp³-hybridized carbons (Fsp3) is 0.333. The van der Waals surface area contributed by atoms with Crippen molar-refractivity contribution in [2.75, 3.05) is 5.32 Å². The summed E-state index contributed by atoms with van der Waals surface area (Å²) >= 11 is 0. The molecule has 7 heteroatoms. The molecule has 0 atom stereocenters. The van der Waals surface area contributed by atoms with Crippen molar-refractivity contribution in [3.05, 3.63) is 35.7 Å². The van der Waals surface area contributed by atoms with Crippen LogP contribution in [0.2, 0.25) is 0 Å². The molecule has 0 aliphatic carbocycles. The lowest BCUT2D eigenvalue weighted by molar-refractivity contribution is 0.0511. The number of rotatable bonds is 2. The molecule has 0 fully saturated rings. The molecule has 2 rings (SSSR count). The Morgan fingerprint density at radius 3 is 2.73 bits per heavy atom. The minimum atomic E-state index is -0.592. The topological polar surface area (TPSA) is 92.8 Å². The van der Waals surface area contributed by atoms with E-state index in [1.807, 2.05) is 6.07 Å². The minimum absolute atomic E-state index is 0.299. The highest BCUT2D eigenvalue weighted by Gasteiger charge is 2.20. The fourth-order valence-corrected chi connectivity index (χ4v) is 1.72. The van der Waals surface area contributed by atoms with Crippen LogP contribution in [-0.2, 0) is 4.74 Å². The predicted molar refractivity (Wildman–Crippen MR) is 80.8 cm³/mol. The molecule has 0 saturated carbocycles. The number of hydrogen-bond donors (Lipinski definition) is 1. The van der Waals surface area contributed by atoms with Gasteiger partial charge in [0.25, 0.3) is 0 Å². The smallest absolute Gasteiger partial charge is 0.435 e. The lowest BCUT2D eigenvalue weighted by Gasteiger charge is -2.19. The molecular weight excluding hydrogens is 282 g/mol. The van der Waals surface area contributed by atoms with E-state index in [0.29, 0.717) is 23.0 Å². The third-order valence-corrected chi connectivity index (χ3v) is 2.57. The molecule has 2 heterocycles. The number of carbonyl (C=O) groups excluding carboxylic acids is 1. The molecule has 0 amide bonds. The minimum Gasteiger partial charge on any atom is -0.442 e. The van der Waals surface area contributed by atoms with Gasteiger partial charge in [0.1, 0.15) is 23.2 Å². The van der Waals surface area contributed by atoms with Crippen molar-refractivity contribution in [1.82, 2.24) is 14.8 Å². The summed E-state index contributed by atoms with van der Waals surface area (Å²) in [5, 5.41) is 15.9. The summed E-state index contributed by atoms with van der Waals surface area (Å²) in [4.78, 5) is 16.1. The number of aromatic nitrogens is 3. The van der Waals surface area contributed by atoms with E-state index < -0.39 is 11.7 Å². The Morgan fingerprint density at radius 1 is 1.36 bits per heavy atom. The van der Waals surface area contributed by atoms with Gasteiger partial charge in [-0.2, -0.15) is 9.94 Å². The molecule has 0 radical (unpaired) electrons. The molecule has 2 aromatic heterocycles. The first-order valence-corrected chi connectivity index (χ1v) is 6.73. The molecule has 0 spiro atoms. The number of ether oxygens (including phenoxy) is 1. The van der Waals surface area contributed by atoms with Crippen molar-refractivity contribution in [2.24, 2.45) is 0 Å². The Morgan fingerprint density at radius 2 is 2.09 bits per heavy atom. The van der Waals surface area contributed by atoms with E-state index in [9.17, 15) is 4.79 Å². The number of carbonyl (C=O) groups is 1. The van der Waals surface area contributed by atoms with Crippen LogP contribution in [0.4, 0.5) is 16.4 Å². The highest BCUT2D eigenvalue weighted by molar-refractivity contribution is 5.72. The van der Waals surface area contributed by atoms with Gasteiger partial charge in [-0.05, 0) is 39.8 Å². The summed E-state index contributed by atoms with van der Waals surface area (Å²) in [6, 6.07) is 8.69. The first kappa shape index (κ1) is 15.5. The van der Waals surface area contributed by atoms with Gasteiger partial charge >= 0.3 is 6.09 Å². The fourth-order valence-electron chi connectivity index (χ4n) is 1.72. The standard InChI is InChI=1S/C15H17N5O2/c1-10-8-13(18-12-7-5-6-11(9-16)17-12)19-20(10)14(21)22-15(2,3)4/h5-8H,1-4H3,(H,17,18,19). The Labute approximate surface area is 128 Å². The molecule has 0 bridgehead atoms. The molecule has 0 aliphatic rings. The van der Waals surface area contributed by atoms with Crippen LogP contribution in [0, 0.1) is 18.3 Å². The van der Waals surface area contributed by atoms with Gasteiger partial charge in [0.15, 0.2) is 5.82 Å². The molecular formula is C15H17N5O2. The Bertz CT molecular complexity index is 737. The summed E-state index contributed by atoms with van der Waals surface area (Å²) in [6.07, 6.45) is -0.545. The number of nitrogens with zero attached hydrogens (tertiary/aromatic N) is 4. The molecule has 0 aromatic carbocycles. The van der Waals surface area contributed by atoms with Gasteiger partial charge in [-0.15, -0.1) is 5.10 Å². The normalized spacial score (nSPS) is 10.9. The lowest BCUT2D eigenvalue weighted by Crippen LogP contribution is -2.28. The van der Waals surface area contributed by atoms with E-state index >= 15 is 0 Å². The number of pyridine rings is 1. The number of hydrogen-bond acceptors (Lipinski definition) is 6. The Hall–Kier alpha value is -2.88. The SMILES string of the molecule is Cc1cc(Nc2cccc(C#N)n2)nn1C(=O)OC(C)(C)C. The first-order chi connectivity index (χ1) is 10.3.